The summed E-state index contributed by atoms with van der Waals surface area (Å²) >= 11 is 0. The maximum absolute atomic E-state index is 12.6. The predicted molar refractivity (Wildman–Crippen MR) is 117 cm³/mol. The lowest BCUT2D eigenvalue weighted by molar-refractivity contribution is 0.104. The van der Waals surface area contributed by atoms with Gasteiger partial charge in [-0.3, -0.25) is 4.79 Å². The summed E-state index contributed by atoms with van der Waals surface area (Å²) in [5, 5.41) is 13.9. The molecule has 0 aromatic heterocycles. The topological polar surface area (TPSA) is 58.6 Å². The molecule has 0 atom stereocenters. The van der Waals surface area contributed by atoms with Crippen molar-refractivity contribution in [1.82, 2.24) is 0 Å². The number of hydrogen-bond acceptors (Lipinski definition) is 4. The van der Waals surface area contributed by atoms with Crippen LogP contribution in [0.2, 0.25) is 0 Å². The fraction of sp³-hybridized carbons (Fsp3) is 0.375. The van der Waals surface area contributed by atoms with Crippen LogP contribution in [-0.4, -0.2) is 24.5 Å². The number of benzene rings is 2. The normalized spacial score (nSPS) is 11.4. The van der Waals surface area contributed by atoms with E-state index < -0.39 is 0 Å². The van der Waals surface area contributed by atoms with Crippen LogP contribution in [0.25, 0.3) is 6.08 Å². The number of ether oxygens (including phenoxy) is 1. The van der Waals surface area contributed by atoms with E-state index in [9.17, 15) is 9.90 Å². The molecule has 2 N–H and O–H groups in total. The molecular formula is C24H31NO3. The first-order chi connectivity index (χ1) is 13.3. The number of carbonyl (C=O) groups excluding carboxylic acids is 1. The van der Waals surface area contributed by atoms with Crippen molar-refractivity contribution in [2.24, 2.45) is 0 Å². The van der Waals surface area contributed by atoms with Crippen LogP contribution in [0.5, 0.6) is 11.5 Å². The van der Waals surface area contributed by atoms with Gasteiger partial charge in [0.2, 0.25) is 0 Å². The Morgan fingerprint density at radius 1 is 1.11 bits per heavy atom. The van der Waals surface area contributed by atoms with Gasteiger partial charge in [0.1, 0.15) is 11.5 Å². The van der Waals surface area contributed by atoms with Crippen molar-refractivity contribution >= 4 is 17.5 Å². The van der Waals surface area contributed by atoms with Crippen molar-refractivity contribution in [1.29, 1.82) is 0 Å². The molecule has 0 aliphatic carbocycles. The van der Waals surface area contributed by atoms with E-state index in [2.05, 4.69) is 19.2 Å². The molecule has 150 valence electrons. The zero-order valence-corrected chi connectivity index (χ0v) is 17.7. The van der Waals surface area contributed by atoms with Crippen molar-refractivity contribution in [2.75, 3.05) is 19.0 Å². The Kier molecular flexibility index (Phi) is 7.27. The van der Waals surface area contributed by atoms with Crippen molar-refractivity contribution < 1.29 is 14.6 Å². The maximum Gasteiger partial charge on any atom is 0.185 e. The summed E-state index contributed by atoms with van der Waals surface area (Å²) in [6, 6.07) is 9.31. The van der Waals surface area contributed by atoms with Gasteiger partial charge in [-0.05, 0) is 72.4 Å². The number of nitrogens with one attached hydrogen (secondary N) is 1. The number of phenolic OH excluding ortho intramolecular Hbond substituents is 1. The van der Waals surface area contributed by atoms with E-state index in [4.69, 9.17) is 4.74 Å². The van der Waals surface area contributed by atoms with E-state index in [0.29, 0.717) is 23.5 Å². The second-order valence-electron chi connectivity index (χ2n) is 7.41. The highest BCUT2D eigenvalue weighted by atomic mass is 16.5. The predicted octanol–water partition coefficient (Wildman–Crippen LogP) is 5.98. The summed E-state index contributed by atoms with van der Waals surface area (Å²) in [7, 11) is 1.84. The summed E-state index contributed by atoms with van der Waals surface area (Å²) in [6.45, 7) is 10.7. The van der Waals surface area contributed by atoms with E-state index in [-0.39, 0.29) is 23.4 Å². The molecule has 0 bridgehead atoms. The number of rotatable bonds is 8. The second kappa shape index (κ2) is 9.45. The maximum atomic E-state index is 12.6. The Morgan fingerprint density at radius 3 is 2.21 bits per heavy atom. The fourth-order valence-electron chi connectivity index (χ4n) is 3.11. The zero-order valence-electron chi connectivity index (χ0n) is 17.7. The van der Waals surface area contributed by atoms with Crippen LogP contribution in [0.15, 0.2) is 36.4 Å². The molecule has 0 spiro atoms. The van der Waals surface area contributed by atoms with Crippen molar-refractivity contribution in [2.45, 2.75) is 46.5 Å². The highest BCUT2D eigenvalue weighted by molar-refractivity contribution is 6.07. The molecule has 0 unspecified atom stereocenters. The molecule has 0 heterocycles. The number of hydrogen-bond donors (Lipinski definition) is 2. The van der Waals surface area contributed by atoms with E-state index in [1.165, 1.54) is 6.08 Å². The molecule has 0 radical (unpaired) electrons. The van der Waals surface area contributed by atoms with Crippen LogP contribution in [0.4, 0.5) is 5.69 Å². The first-order valence-electron chi connectivity index (χ1n) is 9.82. The molecule has 2 aromatic carbocycles. The minimum absolute atomic E-state index is 0.120. The lowest BCUT2D eigenvalue weighted by Gasteiger charge is -2.21. The van der Waals surface area contributed by atoms with Crippen LogP contribution in [-0.2, 0) is 0 Å². The van der Waals surface area contributed by atoms with Crippen LogP contribution < -0.4 is 10.1 Å². The highest BCUT2D eigenvalue weighted by Crippen LogP contribution is 2.42. The molecule has 2 rings (SSSR count). The van der Waals surface area contributed by atoms with Crippen molar-refractivity contribution in [3.8, 4) is 11.5 Å². The molecule has 4 nitrogen and oxygen atoms in total. The van der Waals surface area contributed by atoms with Crippen LogP contribution in [0.3, 0.4) is 0 Å². The molecule has 0 saturated heterocycles. The SMILES string of the molecule is CCOc1c(C(C)C)cc(C(C)C)c(O)c1C=CC(=O)c1ccc(NC)cc1. The molecular weight excluding hydrogens is 350 g/mol. The summed E-state index contributed by atoms with van der Waals surface area (Å²) < 4.78 is 5.88. The Morgan fingerprint density at radius 2 is 1.71 bits per heavy atom. The Hall–Kier alpha value is -2.75. The molecule has 0 aliphatic heterocycles. The summed E-state index contributed by atoms with van der Waals surface area (Å²) in [5.41, 5.74) is 4.00. The second-order valence-corrected chi connectivity index (χ2v) is 7.41. The Bertz CT molecular complexity index is 849. The average Bonchev–Trinajstić information content (AvgIpc) is 2.67. The molecule has 0 aliphatic rings. The monoisotopic (exact) mass is 381 g/mol. The molecule has 0 saturated carbocycles. The third-order valence-corrected chi connectivity index (χ3v) is 4.74. The number of allylic oxidation sites excluding steroid dienone is 1. The highest BCUT2D eigenvalue weighted by Gasteiger charge is 2.20. The lowest BCUT2D eigenvalue weighted by Crippen LogP contribution is -2.04. The quantitative estimate of drug-likeness (QED) is 0.436. The van der Waals surface area contributed by atoms with Gasteiger partial charge in [0.05, 0.1) is 12.2 Å². The molecule has 4 heteroatoms. The van der Waals surface area contributed by atoms with Crippen LogP contribution in [0.1, 0.15) is 73.5 Å². The van der Waals surface area contributed by atoms with Crippen molar-refractivity contribution in [3.63, 3.8) is 0 Å². The van der Waals surface area contributed by atoms with E-state index in [0.717, 1.165) is 16.8 Å². The van der Waals surface area contributed by atoms with E-state index in [1.807, 2.05) is 46.0 Å². The van der Waals surface area contributed by atoms with Crippen LogP contribution in [0, 0.1) is 0 Å². The van der Waals surface area contributed by atoms with Gasteiger partial charge in [-0.15, -0.1) is 0 Å². The first-order valence-corrected chi connectivity index (χ1v) is 9.82. The minimum atomic E-state index is -0.120. The standard InChI is InChI=1S/C24H31NO3/c1-7-28-24-19(23(27)20(15(2)3)14-21(24)16(4)5)12-13-22(26)17-8-10-18(25-6)11-9-17/h8-16,25,27H,7H2,1-6H3. The Balaban J connectivity index is 2.51. The van der Waals surface area contributed by atoms with Crippen LogP contribution >= 0.6 is 0 Å². The van der Waals surface area contributed by atoms with Gasteiger partial charge in [-0.1, -0.05) is 27.7 Å². The number of aromatic hydroxyl groups is 1. The molecule has 0 amide bonds. The fourth-order valence-corrected chi connectivity index (χ4v) is 3.11. The smallest absolute Gasteiger partial charge is 0.185 e. The van der Waals surface area contributed by atoms with Gasteiger partial charge in [0, 0.05) is 18.3 Å². The summed E-state index contributed by atoms with van der Waals surface area (Å²) in [6.07, 6.45) is 3.17. The Labute approximate surface area is 168 Å². The number of carbonyl (C=O) groups is 1. The molecule has 28 heavy (non-hydrogen) atoms. The van der Waals surface area contributed by atoms with Gasteiger partial charge < -0.3 is 15.2 Å². The third-order valence-electron chi connectivity index (χ3n) is 4.74. The third kappa shape index (κ3) is 4.75. The largest absolute Gasteiger partial charge is 0.507 e. The van der Waals surface area contributed by atoms with Gasteiger partial charge in [0.15, 0.2) is 5.78 Å². The van der Waals surface area contributed by atoms with E-state index >= 15 is 0 Å². The molecule has 0 fully saturated rings. The van der Waals surface area contributed by atoms with Gasteiger partial charge >= 0.3 is 0 Å². The zero-order chi connectivity index (χ0) is 20.8. The number of ketones is 1. The number of anilines is 1. The van der Waals surface area contributed by atoms with Crippen molar-refractivity contribution in [3.05, 3.63) is 58.7 Å². The van der Waals surface area contributed by atoms with Gasteiger partial charge in [-0.25, -0.2) is 0 Å². The molecule has 2 aromatic rings. The average molecular weight is 382 g/mol. The minimum Gasteiger partial charge on any atom is -0.507 e. The summed E-state index contributed by atoms with van der Waals surface area (Å²) in [5.74, 6) is 1.10. The van der Waals surface area contributed by atoms with Gasteiger partial charge in [0.25, 0.3) is 0 Å². The van der Waals surface area contributed by atoms with Gasteiger partial charge in [-0.2, -0.15) is 0 Å². The summed E-state index contributed by atoms with van der Waals surface area (Å²) in [4.78, 5) is 12.6. The van der Waals surface area contributed by atoms with E-state index in [1.54, 1.807) is 18.2 Å². The first kappa shape index (κ1) is 21.5. The number of phenols is 1. The lowest BCUT2D eigenvalue weighted by atomic mass is 9.90.